The average molecular weight is 511 g/mol. The summed E-state index contributed by atoms with van der Waals surface area (Å²) in [5, 5.41) is 27.5. The summed E-state index contributed by atoms with van der Waals surface area (Å²) in [6.07, 6.45) is 0.557. The first-order chi connectivity index (χ1) is 16.0. The van der Waals surface area contributed by atoms with E-state index in [1.54, 1.807) is 6.07 Å². The van der Waals surface area contributed by atoms with Crippen molar-refractivity contribution in [3.63, 3.8) is 0 Å². The standard InChI is InChI=1S/C22H24Cl2N4O6/c1-12(2)8-17(26-21(30)13(3)34-20-7-5-15(23)10-16(20)24)22(31)27-25-11-14-4-6-19(29)18(9-14)28(32)33/h4-7,9-13,17,29H,8H2,1-3H3,(H,26,30)(H,27,31)/b25-11-/t13-,17-/m1/s1. The monoisotopic (exact) mass is 510 g/mol. The molecular formula is C22H24Cl2N4O6. The highest BCUT2D eigenvalue weighted by molar-refractivity contribution is 6.35. The van der Waals surface area contributed by atoms with E-state index in [0.717, 1.165) is 12.1 Å². The van der Waals surface area contributed by atoms with E-state index < -0.39 is 40.3 Å². The van der Waals surface area contributed by atoms with Crippen molar-refractivity contribution in [2.45, 2.75) is 39.3 Å². The van der Waals surface area contributed by atoms with Crippen LogP contribution in [0.4, 0.5) is 5.69 Å². The van der Waals surface area contributed by atoms with Crippen LogP contribution in [0.2, 0.25) is 10.0 Å². The van der Waals surface area contributed by atoms with Gasteiger partial charge in [-0.2, -0.15) is 5.10 Å². The van der Waals surface area contributed by atoms with Gasteiger partial charge in [-0.15, -0.1) is 0 Å². The molecule has 0 fully saturated rings. The Hall–Kier alpha value is -3.37. The van der Waals surface area contributed by atoms with Crippen LogP contribution in [0.1, 0.15) is 32.8 Å². The van der Waals surface area contributed by atoms with Crippen molar-refractivity contribution in [1.29, 1.82) is 0 Å². The molecule has 34 heavy (non-hydrogen) atoms. The number of nitro groups is 1. The normalized spacial score (nSPS) is 12.9. The molecule has 12 heteroatoms. The summed E-state index contributed by atoms with van der Waals surface area (Å²) in [7, 11) is 0. The lowest BCUT2D eigenvalue weighted by atomic mass is 10.0. The fraction of sp³-hybridized carbons (Fsp3) is 0.318. The van der Waals surface area contributed by atoms with Gasteiger partial charge in [0.2, 0.25) is 0 Å². The molecule has 2 aromatic carbocycles. The van der Waals surface area contributed by atoms with Crippen molar-refractivity contribution in [3.8, 4) is 11.5 Å². The Morgan fingerprint density at radius 1 is 1.18 bits per heavy atom. The highest BCUT2D eigenvalue weighted by atomic mass is 35.5. The van der Waals surface area contributed by atoms with Gasteiger partial charge in [0.15, 0.2) is 11.9 Å². The third kappa shape index (κ3) is 7.89. The summed E-state index contributed by atoms with van der Waals surface area (Å²) in [6, 6.07) is 7.34. The van der Waals surface area contributed by atoms with E-state index in [4.69, 9.17) is 27.9 Å². The number of amides is 2. The zero-order valence-electron chi connectivity index (χ0n) is 18.6. The maximum Gasteiger partial charge on any atom is 0.311 e. The number of nitrogens with zero attached hydrogens (tertiary/aromatic N) is 2. The molecule has 0 radical (unpaired) electrons. The Morgan fingerprint density at radius 2 is 1.88 bits per heavy atom. The van der Waals surface area contributed by atoms with E-state index >= 15 is 0 Å². The molecule has 0 bridgehead atoms. The number of hydrazone groups is 1. The Bertz CT molecular complexity index is 1090. The number of hydrogen-bond donors (Lipinski definition) is 3. The van der Waals surface area contributed by atoms with Gasteiger partial charge in [0.05, 0.1) is 16.2 Å². The Kier molecular flexibility index (Phi) is 9.64. The van der Waals surface area contributed by atoms with Crippen molar-refractivity contribution < 1.29 is 24.4 Å². The number of phenols is 1. The summed E-state index contributed by atoms with van der Waals surface area (Å²) >= 11 is 11.9. The highest BCUT2D eigenvalue weighted by Gasteiger charge is 2.25. The number of ether oxygens (including phenoxy) is 1. The van der Waals surface area contributed by atoms with Gasteiger partial charge >= 0.3 is 5.69 Å². The van der Waals surface area contributed by atoms with Gasteiger partial charge in [0.25, 0.3) is 11.8 Å². The second kappa shape index (κ2) is 12.2. The summed E-state index contributed by atoms with van der Waals surface area (Å²) in [4.78, 5) is 35.5. The van der Waals surface area contributed by atoms with Gasteiger partial charge in [0.1, 0.15) is 11.8 Å². The van der Waals surface area contributed by atoms with Crippen LogP contribution in [0.5, 0.6) is 11.5 Å². The van der Waals surface area contributed by atoms with Gasteiger partial charge in [-0.1, -0.05) is 37.0 Å². The van der Waals surface area contributed by atoms with Crippen LogP contribution in [-0.2, 0) is 9.59 Å². The Morgan fingerprint density at radius 3 is 2.50 bits per heavy atom. The molecule has 0 aliphatic heterocycles. The number of carbonyl (C=O) groups excluding carboxylic acids is 2. The fourth-order valence-electron chi connectivity index (χ4n) is 2.82. The number of benzene rings is 2. The van der Waals surface area contributed by atoms with E-state index in [1.807, 2.05) is 13.8 Å². The number of aromatic hydroxyl groups is 1. The molecule has 0 saturated heterocycles. The maximum absolute atomic E-state index is 12.6. The lowest BCUT2D eigenvalue weighted by Crippen LogP contribution is -2.49. The smallest absolute Gasteiger partial charge is 0.311 e. The SMILES string of the molecule is CC(C)C[C@@H](NC(=O)[C@@H](C)Oc1ccc(Cl)cc1Cl)C(=O)N/N=C\c1ccc(O)c([N+](=O)[O-])c1. The number of rotatable bonds is 10. The molecule has 2 aromatic rings. The van der Waals surface area contributed by atoms with Crippen LogP contribution in [-0.4, -0.2) is 40.2 Å². The number of phenolic OH excluding ortho intramolecular Hbond substituents is 1. The first-order valence-electron chi connectivity index (χ1n) is 10.2. The maximum atomic E-state index is 12.6. The molecule has 2 amide bonds. The first-order valence-corrected chi connectivity index (χ1v) is 11.0. The number of carbonyl (C=O) groups is 2. The van der Waals surface area contributed by atoms with Crippen LogP contribution in [0.25, 0.3) is 0 Å². The van der Waals surface area contributed by atoms with Crippen LogP contribution >= 0.6 is 23.2 Å². The van der Waals surface area contributed by atoms with Crippen LogP contribution in [0.15, 0.2) is 41.5 Å². The third-order valence-corrected chi connectivity index (χ3v) is 5.02. The van der Waals surface area contributed by atoms with Gasteiger partial charge in [0, 0.05) is 16.7 Å². The molecule has 0 aromatic heterocycles. The summed E-state index contributed by atoms with van der Waals surface area (Å²) < 4.78 is 5.59. The van der Waals surface area contributed by atoms with Crippen molar-refractivity contribution in [1.82, 2.24) is 10.7 Å². The lowest BCUT2D eigenvalue weighted by Gasteiger charge is -2.22. The van der Waals surface area contributed by atoms with Crippen molar-refractivity contribution in [2.24, 2.45) is 11.0 Å². The predicted molar refractivity (Wildman–Crippen MR) is 128 cm³/mol. The molecule has 2 atom stereocenters. The molecule has 0 saturated carbocycles. The Balaban J connectivity index is 2.04. The fourth-order valence-corrected chi connectivity index (χ4v) is 3.28. The molecule has 0 heterocycles. The van der Waals surface area contributed by atoms with Crippen LogP contribution in [0, 0.1) is 16.0 Å². The number of hydrogen-bond acceptors (Lipinski definition) is 7. The zero-order valence-corrected chi connectivity index (χ0v) is 20.1. The van der Waals surface area contributed by atoms with E-state index in [9.17, 15) is 24.8 Å². The van der Waals surface area contributed by atoms with Crippen molar-refractivity contribution >= 4 is 46.9 Å². The second-order valence-electron chi connectivity index (χ2n) is 7.77. The molecule has 2 rings (SSSR count). The Labute approximate surface area is 206 Å². The second-order valence-corrected chi connectivity index (χ2v) is 8.61. The summed E-state index contributed by atoms with van der Waals surface area (Å²) in [5.74, 6) is -1.26. The topological polar surface area (TPSA) is 143 Å². The van der Waals surface area contributed by atoms with Crippen LogP contribution in [0.3, 0.4) is 0 Å². The largest absolute Gasteiger partial charge is 0.502 e. The molecule has 0 unspecified atom stereocenters. The molecular weight excluding hydrogens is 487 g/mol. The molecule has 0 spiro atoms. The van der Waals surface area contributed by atoms with Gasteiger partial charge in [-0.05, 0) is 49.6 Å². The van der Waals surface area contributed by atoms with E-state index in [1.165, 1.54) is 31.3 Å². The molecule has 10 nitrogen and oxygen atoms in total. The highest BCUT2D eigenvalue weighted by Crippen LogP contribution is 2.28. The minimum absolute atomic E-state index is 0.0710. The van der Waals surface area contributed by atoms with Crippen molar-refractivity contribution in [3.05, 3.63) is 62.1 Å². The summed E-state index contributed by atoms with van der Waals surface area (Å²) in [5.41, 5.74) is 2.11. The molecule has 3 N–H and O–H groups in total. The molecule has 0 aliphatic rings. The van der Waals surface area contributed by atoms with Crippen molar-refractivity contribution in [2.75, 3.05) is 0 Å². The number of halogens is 2. The van der Waals surface area contributed by atoms with Gasteiger partial charge in [-0.25, -0.2) is 5.43 Å². The van der Waals surface area contributed by atoms with Gasteiger partial charge < -0.3 is 15.2 Å². The van der Waals surface area contributed by atoms with Crippen LogP contribution < -0.4 is 15.5 Å². The van der Waals surface area contributed by atoms with E-state index in [0.29, 0.717) is 11.4 Å². The lowest BCUT2D eigenvalue weighted by molar-refractivity contribution is -0.385. The average Bonchev–Trinajstić information content (AvgIpc) is 2.75. The zero-order chi connectivity index (χ0) is 25.4. The third-order valence-electron chi connectivity index (χ3n) is 4.49. The first kappa shape index (κ1) is 26.9. The summed E-state index contributed by atoms with van der Waals surface area (Å²) in [6.45, 7) is 5.29. The predicted octanol–water partition coefficient (Wildman–Crippen LogP) is 4.06. The van der Waals surface area contributed by atoms with Gasteiger partial charge in [-0.3, -0.25) is 19.7 Å². The molecule has 182 valence electrons. The minimum Gasteiger partial charge on any atom is -0.502 e. The minimum atomic E-state index is -0.956. The van der Waals surface area contributed by atoms with E-state index in [2.05, 4.69) is 15.8 Å². The molecule has 0 aliphatic carbocycles. The number of nitro benzene ring substituents is 1. The van der Waals surface area contributed by atoms with E-state index in [-0.39, 0.29) is 22.3 Å². The number of nitrogens with one attached hydrogen (secondary N) is 2. The quantitative estimate of drug-likeness (QED) is 0.249.